The van der Waals surface area contributed by atoms with Crippen LogP contribution in [-0.4, -0.2) is 17.4 Å². The summed E-state index contributed by atoms with van der Waals surface area (Å²) in [6, 6.07) is 9.10. The number of aromatic nitrogens is 1. The van der Waals surface area contributed by atoms with E-state index in [1.54, 1.807) is 12.1 Å². The van der Waals surface area contributed by atoms with Crippen LogP contribution in [0.2, 0.25) is 5.15 Å². The van der Waals surface area contributed by atoms with Crippen molar-refractivity contribution in [1.82, 2.24) is 10.3 Å². The summed E-state index contributed by atoms with van der Waals surface area (Å²) in [5.74, 6) is 0.529. The maximum absolute atomic E-state index is 12.2. The second kappa shape index (κ2) is 6.27. The third kappa shape index (κ3) is 3.42. The van der Waals surface area contributed by atoms with E-state index in [0.717, 1.165) is 36.7 Å². The normalized spacial score (nSPS) is 17.9. The van der Waals surface area contributed by atoms with Crippen molar-refractivity contribution >= 4 is 28.4 Å². The van der Waals surface area contributed by atoms with Crippen LogP contribution in [0.25, 0.3) is 10.9 Å². The topological polar surface area (TPSA) is 42.0 Å². The van der Waals surface area contributed by atoms with E-state index in [9.17, 15) is 4.79 Å². The van der Waals surface area contributed by atoms with E-state index in [2.05, 4.69) is 22.5 Å². The zero-order valence-electron chi connectivity index (χ0n) is 11.7. The Morgan fingerprint density at radius 1 is 1.29 bits per heavy atom. The molecule has 1 atom stereocenters. The minimum absolute atomic E-state index is 0.0265. The van der Waals surface area contributed by atoms with Crippen LogP contribution in [0.3, 0.4) is 0 Å². The van der Waals surface area contributed by atoms with Gasteiger partial charge in [0, 0.05) is 17.5 Å². The lowest BCUT2D eigenvalue weighted by Crippen LogP contribution is -2.29. The largest absolute Gasteiger partial charge is 0.352 e. The fourth-order valence-corrected chi connectivity index (χ4v) is 2.78. The second-order valence-electron chi connectivity index (χ2n) is 5.40. The predicted octanol–water partition coefficient (Wildman–Crippen LogP) is 3.97. The third-order valence-electron chi connectivity index (χ3n) is 3.85. The molecule has 0 radical (unpaired) electrons. The summed E-state index contributed by atoms with van der Waals surface area (Å²) < 4.78 is 0. The lowest BCUT2D eigenvalue weighted by molar-refractivity contribution is 0.0946. The summed E-state index contributed by atoms with van der Waals surface area (Å²) in [5.41, 5.74) is 1.47. The van der Waals surface area contributed by atoms with Crippen molar-refractivity contribution in [3.05, 3.63) is 53.2 Å². The highest BCUT2D eigenvalue weighted by Crippen LogP contribution is 2.19. The Balaban J connectivity index is 1.69. The molecule has 0 spiro atoms. The van der Waals surface area contributed by atoms with Crippen LogP contribution < -0.4 is 5.32 Å². The molecule has 0 aliphatic heterocycles. The highest BCUT2D eigenvalue weighted by Gasteiger charge is 2.12. The van der Waals surface area contributed by atoms with Crippen LogP contribution in [-0.2, 0) is 0 Å². The standard InChI is InChI=1S/C17H17ClN2O/c18-16-9-7-13-10-14(6-8-15(13)20-16)17(21)19-11-12-4-2-1-3-5-12/h1-2,6-10,12H,3-5,11H2,(H,19,21). The molecule has 1 aromatic heterocycles. The Bertz CT molecular complexity index is 696. The SMILES string of the molecule is O=C(NCC1CC=CCC1)c1ccc2nc(Cl)ccc2c1. The number of benzene rings is 1. The molecule has 1 unspecified atom stereocenters. The summed E-state index contributed by atoms with van der Waals surface area (Å²) in [5, 5.41) is 4.41. The van der Waals surface area contributed by atoms with Crippen LogP contribution in [0.1, 0.15) is 29.6 Å². The van der Waals surface area contributed by atoms with E-state index >= 15 is 0 Å². The number of hydrogen-bond donors (Lipinski definition) is 1. The van der Waals surface area contributed by atoms with Gasteiger partial charge in [0.25, 0.3) is 5.91 Å². The van der Waals surface area contributed by atoms with Crippen LogP contribution in [0.15, 0.2) is 42.5 Å². The maximum atomic E-state index is 12.2. The van der Waals surface area contributed by atoms with Crippen molar-refractivity contribution < 1.29 is 4.79 Å². The molecule has 0 bridgehead atoms. The van der Waals surface area contributed by atoms with Crippen LogP contribution >= 0.6 is 11.6 Å². The summed E-state index contributed by atoms with van der Waals surface area (Å²) in [4.78, 5) is 16.4. The average molecular weight is 301 g/mol. The monoisotopic (exact) mass is 300 g/mol. The molecule has 0 fully saturated rings. The number of pyridine rings is 1. The number of fused-ring (bicyclic) bond motifs is 1. The van der Waals surface area contributed by atoms with E-state index in [-0.39, 0.29) is 5.91 Å². The van der Waals surface area contributed by atoms with Gasteiger partial charge in [-0.1, -0.05) is 23.8 Å². The van der Waals surface area contributed by atoms with E-state index in [4.69, 9.17) is 11.6 Å². The first-order valence-electron chi connectivity index (χ1n) is 7.22. The summed E-state index contributed by atoms with van der Waals surface area (Å²) in [7, 11) is 0. The number of hydrogen-bond acceptors (Lipinski definition) is 2. The van der Waals surface area contributed by atoms with Crippen molar-refractivity contribution in [2.75, 3.05) is 6.54 Å². The lowest BCUT2D eigenvalue weighted by atomic mass is 9.94. The molecule has 0 saturated heterocycles. The highest BCUT2D eigenvalue weighted by atomic mass is 35.5. The molecule has 4 heteroatoms. The minimum atomic E-state index is -0.0265. The van der Waals surface area contributed by atoms with Gasteiger partial charge in [-0.15, -0.1) is 0 Å². The Morgan fingerprint density at radius 3 is 3.00 bits per heavy atom. The quantitative estimate of drug-likeness (QED) is 0.688. The van der Waals surface area contributed by atoms with Gasteiger partial charge in [0.05, 0.1) is 5.52 Å². The number of nitrogens with zero attached hydrogens (tertiary/aromatic N) is 1. The van der Waals surface area contributed by atoms with Crippen molar-refractivity contribution in [3.63, 3.8) is 0 Å². The van der Waals surface area contributed by atoms with Gasteiger partial charge in [-0.25, -0.2) is 4.98 Å². The number of carbonyl (C=O) groups excluding carboxylic acids is 1. The van der Waals surface area contributed by atoms with Crippen LogP contribution in [0.4, 0.5) is 0 Å². The first-order chi connectivity index (χ1) is 10.2. The van der Waals surface area contributed by atoms with Crippen molar-refractivity contribution in [3.8, 4) is 0 Å². The number of carbonyl (C=O) groups is 1. The van der Waals surface area contributed by atoms with Crippen LogP contribution in [0.5, 0.6) is 0 Å². The molecule has 3 nitrogen and oxygen atoms in total. The van der Waals surface area contributed by atoms with E-state index < -0.39 is 0 Å². The molecule has 1 amide bonds. The van der Waals surface area contributed by atoms with Gasteiger partial charge in [0.2, 0.25) is 0 Å². The van der Waals surface area contributed by atoms with Gasteiger partial charge < -0.3 is 5.32 Å². The Morgan fingerprint density at radius 2 is 2.19 bits per heavy atom. The van der Waals surface area contributed by atoms with Crippen molar-refractivity contribution in [2.24, 2.45) is 5.92 Å². The molecular formula is C17H17ClN2O. The van der Waals surface area contributed by atoms with Gasteiger partial charge in [0.15, 0.2) is 0 Å². The third-order valence-corrected chi connectivity index (χ3v) is 4.06. The Hall–Kier alpha value is -1.87. The van der Waals surface area contributed by atoms with Crippen molar-refractivity contribution in [1.29, 1.82) is 0 Å². The first-order valence-corrected chi connectivity index (χ1v) is 7.60. The van der Waals surface area contributed by atoms with E-state index in [1.807, 2.05) is 18.2 Å². The van der Waals surface area contributed by atoms with Crippen molar-refractivity contribution in [2.45, 2.75) is 19.3 Å². The highest BCUT2D eigenvalue weighted by molar-refractivity contribution is 6.29. The number of nitrogens with one attached hydrogen (secondary N) is 1. The first kappa shape index (κ1) is 14.1. The molecule has 1 N–H and O–H groups in total. The average Bonchev–Trinajstić information content (AvgIpc) is 2.53. The van der Waals surface area contributed by atoms with Crippen LogP contribution in [0, 0.1) is 5.92 Å². The molecule has 1 heterocycles. The number of allylic oxidation sites excluding steroid dienone is 2. The molecule has 108 valence electrons. The minimum Gasteiger partial charge on any atom is -0.352 e. The number of halogens is 1. The number of amides is 1. The fourth-order valence-electron chi connectivity index (χ4n) is 2.62. The van der Waals surface area contributed by atoms with Gasteiger partial charge in [-0.3, -0.25) is 4.79 Å². The van der Waals surface area contributed by atoms with Gasteiger partial charge in [0.1, 0.15) is 5.15 Å². The van der Waals surface area contributed by atoms with E-state index in [0.29, 0.717) is 16.6 Å². The smallest absolute Gasteiger partial charge is 0.251 e. The van der Waals surface area contributed by atoms with Gasteiger partial charge in [-0.2, -0.15) is 0 Å². The molecule has 1 aliphatic rings. The molecule has 3 rings (SSSR count). The zero-order chi connectivity index (χ0) is 14.7. The molecule has 1 aromatic carbocycles. The summed E-state index contributed by atoms with van der Waals surface area (Å²) in [6.45, 7) is 0.736. The molecule has 1 aliphatic carbocycles. The molecule has 0 saturated carbocycles. The Labute approximate surface area is 129 Å². The molecular weight excluding hydrogens is 284 g/mol. The predicted molar refractivity (Wildman–Crippen MR) is 85.6 cm³/mol. The maximum Gasteiger partial charge on any atom is 0.251 e. The molecule has 21 heavy (non-hydrogen) atoms. The second-order valence-corrected chi connectivity index (χ2v) is 5.79. The van der Waals surface area contributed by atoms with E-state index in [1.165, 1.54) is 0 Å². The lowest BCUT2D eigenvalue weighted by Gasteiger charge is -2.18. The van der Waals surface area contributed by atoms with Gasteiger partial charge >= 0.3 is 0 Å². The fraction of sp³-hybridized carbons (Fsp3) is 0.294. The summed E-state index contributed by atoms with van der Waals surface area (Å²) in [6.07, 6.45) is 7.73. The van der Waals surface area contributed by atoms with Gasteiger partial charge in [-0.05, 0) is 55.5 Å². The summed E-state index contributed by atoms with van der Waals surface area (Å²) >= 11 is 5.86. The molecule has 2 aromatic rings. The Kier molecular flexibility index (Phi) is 4.20. The zero-order valence-corrected chi connectivity index (χ0v) is 12.4. The number of rotatable bonds is 3.